The predicted octanol–water partition coefficient (Wildman–Crippen LogP) is 2.15. The summed E-state index contributed by atoms with van der Waals surface area (Å²) in [5, 5.41) is 0. The van der Waals surface area contributed by atoms with Crippen LogP contribution in [0.3, 0.4) is 0 Å². The first kappa shape index (κ1) is 8.70. The molecule has 0 saturated heterocycles. The molecule has 0 saturated carbocycles. The van der Waals surface area contributed by atoms with Crippen molar-refractivity contribution in [3.05, 3.63) is 12.2 Å². The lowest BCUT2D eigenvalue weighted by atomic mass is 10.2. The summed E-state index contributed by atoms with van der Waals surface area (Å²) >= 11 is 5.74. The number of ketones is 1. The number of carbonyl (C=O) groups excluding carboxylic acids is 1. The normalized spacial score (nSPS) is 12.4. The van der Waals surface area contributed by atoms with Gasteiger partial charge in [-0.1, -0.05) is 6.08 Å². The number of rotatable bonds is 2. The number of carbonyl (C=O) groups is 1. The summed E-state index contributed by atoms with van der Waals surface area (Å²) in [5.74, 6) is 0.0312. The highest BCUT2D eigenvalue weighted by atomic mass is 35.5. The van der Waals surface area contributed by atoms with Crippen LogP contribution in [0.15, 0.2) is 12.2 Å². The predicted molar refractivity (Wildman–Crippen MR) is 39.8 cm³/mol. The van der Waals surface area contributed by atoms with Crippen molar-refractivity contribution in [2.45, 2.75) is 25.6 Å². The third-order valence-electron chi connectivity index (χ3n) is 0.714. The Hall–Kier alpha value is -0.300. The lowest BCUT2D eigenvalue weighted by Gasteiger charge is -2.06. The Bertz CT molecular complexity index is 130. The van der Waals surface area contributed by atoms with Crippen molar-refractivity contribution in [2.75, 3.05) is 0 Å². The van der Waals surface area contributed by atoms with E-state index in [1.807, 2.05) is 13.8 Å². The van der Waals surface area contributed by atoms with E-state index in [0.717, 1.165) is 0 Å². The van der Waals surface area contributed by atoms with Crippen LogP contribution in [0.5, 0.6) is 0 Å². The molecule has 0 N–H and O–H groups in total. The summed E-state index contributed by atoms with van der Waals surface area (Å²) in [7, 11) is 0. The molecule has 0 atom stereocenters. The number of alkyl halides is 1. The smallest absolute Gasteiger partial charge is 0.152 e. The minimum absolute atomic E-state index is 0.0312. The molecule has 1 nitrogen and oxygen atoms in total. The van der Waals surface area contributed by atoms with Gasteiger partial charge in [-0.25, -0.2) is 0 Å². The van der Waals surface area contributed by atoms with Crippen LogP contribution >= 0.6 is 11.6 Å². The molecular weight excluding hydrogens is 136 g/mol. The van der Waals surface area contributed by atoms with E-state index < -0.39 is 4.87 Å². The average molecular weight is 147 g/mol. The molecule has 0 amide bonds. The average Bonchev–Trinajstić information content (AvgIpc) is 1.59. The van der Waals surface area contributed by atoms with Crippen LogP contribution in [0.4, 0.5) is 0 Å². The first-order valence-electron chi connectivity index (χ1n) is 2.80. The van der Waals surface area contributed by atoms with Crippen LogP contribution in [0, 0.1) is 0 Å². The van der Waals surface area contributed by atoms with Crippen molar-refractivity contribution >= 4 is 17.4 Å². The summed E-state index contributed by atoms with van der Waals surface area (Å²) in [5.41, 5.74) is 0. The molecule has 9 heavy (non-hydrogen) atoms. The minimum Gasteiger partial charge on any atom is -0.295 e. The Kier molecular flexibility index (Phi) is 2.92. The molecule has 2 heteroatoms. The first-order chi connectivity index (χ1) is 3.92. The SMILES string of the molecule is CC(=O)/C=C/C(C)(C)Cl. The van der Waals surface area contributed by atoms with Gasteiger partial charge < -0.3 is 0 Å². The van der Waals surface area contributed by atoms with Gasteiger partial charge in [-0.05, 0) is 26.8 Å². The zero-order valence-electron chi connectivity index (χ0n) is 5.94. The van der Waals surface area contributed by atoms with Crippen LogP contribution in [0.25, 0.3) is 0 Å². The standard InChI is InChI=1S/C7H11ClO/c1-6(9)4-5-7(2,3)8/h4-5H,1-3H3/b5-4+. The van der Waals surface area contributed by atoms with Crippen LogP contribution in [-0.2, 0) is 4.79 Å². The molecule has 0 aromatic heterocycles. The second-order valence-corrected chi connectivity index (χ2v) is 3.48. The highest BCUT2D eigenvalue weighted by molar-refractivity contribution is 6.24. The van der Waals surface area contributed by atoms with Gasteiger partial charge in [0.15, 0.2) is 5.78 Å². The molecule has 0 unspecified atom stereocenters. The van der Waals surface area contributed by atoms with Crippen LogP contribution in [0.1, 0.15) is 20.8 Å². The van der Waals surface area contributed by atoms with Gasteiger partial charge >= 0.3 is 0 Å². The molecule has 0 aromatic rings. The molecular formula is C7H11ClO. The lowest BCUT2D eigenvalue weighted by Crippen LogP contribution is -2.04. The quantitative estimate of drug-likeness (QED) is 0.431. The molecule has 0 aliphatic heterocycles. The molecule has 0 rings (SSSR count). The van der Waals surface area contributed by atoms with E-state index >= 15 is 0 Å². The van der Waals surface area contributed by atoms with Crippen molar-refractivity contribution < 1.29 is 4.79 Å². The van der Waals surface area contributed by atoms with Gasteiger partial charge in [0.2, 0.25) is 0 Å². The summed E-state index contributed by atoms with van der Waals surface area (Å²) in [4.78, 5) is 9.95. The third kappa shape index (κ3) is 7.70. The Morgan fingerprint density at radius 3 is 2.11 bits per heavy atom. The third-order valence-corrected chi connectivity index (χ3v) is 0.840. The molecule has 0 aromatic carbocycles. The molecule has 0 aliphatic carbocycles. The maximum absolute atomic E-state index is 10.3. The summed E-state index contributed by atoms with van der Waals surface area (Å²) < 4.78 is 0. The maximum Gasteiger partial charge on any atom is 0.152 e. The highest BCUT2D eigenvalue weighted by Gasteiger charge is 2.06. The fraction of sp³-hybridized carbons (Fsp3) is 0.571. The van der Waals surface area contributed by atoms with Crippen molar-refractivity contribution in [1.29, 1.82) is 0 Å². The second kappa shape index (κ2) is 3.02. The minimum atomic E-state index is -0.397. The van der Waals surface area contributed by atoms with Crippen LogP contribution in [0.2, 0.25) is 0 Å². The van der Waals surface area contributed by atoms with Gasteiger partial charge in [0.25, 0.3) is 0 Å². The van der Waals surface area contributed by atoms with Crippen LogP contribution in [-0.4, -0.2) is 10.7 Å². The van der Waals surface area contributed by atoms with Crippen molar-refractivity contribution in [3.63, 3.8) is 0 Å². The Morgan fingerprint density at radius 2 is 2.00 bits per heavy atom. The first-order valence-corrected chi connectivity index (χ1v) is 3.18. The number of hydrogen-bond acceptors (Lipinski definition) is 1. The summed E-state index contributed by atoms with van der Waals surface area (Å²) in [6, 6.07) is 0. The highest BCUT2D eigenvalue weighted by Crippen LogP contribution is 2.13. The number of hydrogen-bond donors (Lipinski definition) is 0. The second-order valence-electron chi connectivity index (χ2n) is 2.51. The van der Waals surface area contributed by atoms with Crippen molar-refractivity contribution in [3.8, 4) is 0 Å². The van der Waals surface area contributed by atoms with Gasteiger partial charge in [-0.2, -0.15) is 0 Å². The largest absolute Gasteiger partial charge is 0.295 e. The van der Waals surface area contributed by atoms with E-state index in [9.17, 15) is 4.79 Å². The molecule has 0 radical (unpaired) electrons. The van der Waals surface area contributed by atoms with E-state index in [2.05, 4.69) is 0 Å². The van der Waals surface area contributed by atoms with Gasteiger partial charge in [-0.3, -0.25) is 4.79 Å². The zero-order chi connectivity index (χ0) is 7.49. The molecule has 52 valence electrons. The van der Waals surface area contributed by atoms with E-state index in [-0.39, 0.29) is 5.78 Å². The van der Waals surface area contributed by atoms with Crippen LogP contribution < -0.4 is 0 Å². The fourth-order valence-electron chi connectivity index (χ4n) is 0.316. The Balaban J connectivity index is 3.86. The van der Waals surface area contributed by atoms with E-state index in [1.165, 1.54) is 13.0 Å². The van der Waals surface area contributed by atoms with Gasteiger partial charge in [0.05, 0.1) is 4.87 Å². The Labute approximate surface area is 60.7 Å². The molecule has 0 spiro atoms. The van der Waals surface area contributed by atoms with E-state index in [4.69, 9.17) is 11.6 Å². The topological polar surface area (TPSA) is 17.1 Å². The van der Waals surface area contributed by atoms with Gasteiger partial charge in [0, 0.05) is 0 Å². The number of allylic oxidation sites excluding steroid dienone is 2. The molecule has 0 aliphatic rings. The molecule has 0 fully saturated rings. The lowest BCUT2D eigenvalue weighted by molar-refractivity contribution is -0.112. The van der Waals surface area contributed by atoms with E-state index in [0.29, 0.717) is 0 Å². The van der Waals surface area contributed by atoms with Crippen molar-refractivity contribution in [2.24, 2.45) is 0 Å². The molecule has 0 heterocycles. The van der Waals surface area contributed by atoms with E-state index in [1.54, 1.807) is 6.08 Å². The van der Waals surface area contributed by atoms with Gasteiger partial charge in [0.1, 0.15) is 0 Å². The monoisotopic (exact) mass is 146 g/mol. The maximum atomic E-state index is 10.3. The zero-order valence-corrected chi connectivity index (χ0v) is 6.70. The molecule has 0 bridgehead atoms. The van der Waals surface area contributed by atoms with Crippen molar-refractivity contribution in [1.82, 2.24) is 0 Å². The van der Waals surface area contributed by atoms with Gasteiger partial charge in [-0.15, -0.1) is 11.6 Å². The number of halogens is 1. The summed E-state index contributed by atoms with van der Waals surface area (Å²) in [6.07, 6.45) is 3.16. The Morgan fingerprint density at radius 1 is 1.56 bits per heavy atom. The summed E-state index contributed by atoms with van der Waals surface area (Å²) in [6.45, 7) is 5.15. The fourth-order valence-corrected chi connectivity index (χ4v) is 0.379.